The number of ether oxygens (including phenoxy) is 1. The van der Waals surface area contributed by atoms with E-state index in [0.717, 1.165) is 6.61 Å². The zero-order valence-electron chi connectivity index (χ0n) is 6.02. The molecular formula is C8H14O. The molecule has 1 aliphatic heterocycles. The first-order valence-electron chi connectivity index (χ1n) is 3.90. The maximum atomic E-state index is 5.18. The standard InChI is InChI=1S/C8H14O/c1-8(3-2-4-8)5-7-6-9-7/h7H,2-6H2,1H3. The Labute approximate surface area is 56.4 Å². The Morgan fingerprint density at radius 3 is 2.56 bits per heavy atom. The normalized spacial score (nSPS) is 37.7. The van der Waals surface area contributed by atoms with Gasteiger partial charge in [-0.3, -0.25) is 0 Å². The lowest BCUT2D eigenvalue weighted by atomic mass is 9.68. The van der Waals surface area contributed by atoms with Crippen LogP contribution < -0.4 is 0 Å². The van der Waals surface area contributed by atoms with E-state index in [4.69, 9.17) is 4.74 Å². The van der Waals surface area contributed by atoms with Gasteiger partial charge in [-0.1, -0.05) is 13.3 Å². The third kappa shape index (κ3) is 1.11. The van der Waals surface area contributed by atoms with Crippen LogP contribution in [0.25, 0.3) is 0 Å². The Morgan fingerprint density at radius 2 is 2.22 bits per heavy atom. The zero-order chi connectivity index (χ0) is 6.32. The molecule has 0 radical (unpaired) electrons. The van der Waals surface area contributed by atoms with Crippen LogP contribution in [0.5, 0.6) is 0 Å². The number of hydrogen-bond acceptors (Lipinski definition) is 1. The Bertz CT molecular complexity index is 112. The van der Waals surface area contributed by atoms with E-state index in [1.54, 1.807) is 0 Å². The van der Waals surface area contributed by atoms with Crippen LogP contribution in [0.15, 0.2) is 0 Å². The molecule has 1 unspecified atom stereocenters. The summed E-state index contributed by atoms with van der Waals surface area (Å²) in [5.41, 5.74) is 0.682. The molecule has 0 aromatic rings. The van der Waals surface area contributed by atoms with E-state index < -0.39 is 0 Å². The molecule has 1 saturated heterocycles. The van der Waals surface area contributed by atoms with Gasteiger partial charge in [0.15, 0.2) is 0 Å². The van der Waals surface area contributed by atoms with Gasteiger partial charge in [0.2, 0.25) is 0 Å². The maximum Gasteiger partial charge on any atom is 0.0815 e. The molecule has 2 fully saturated rings. The molecule has 0 bridgehead atoms. The van der Waals surface area contributed by atoms with Crippen molar-refractivity contribution < 1.29 is 4.74 Å². The largest absolute Gasteiger partial charge is 0.373 e. The lowest BCUT2D eigenvalue weighted by Crippen LogP contribution is -2.26. The second-order valence-electron chi connectivity index (χ2n) is 3.82. The molecule has 0 spiro atoms. The molecular weight excluding hydrogens is 112 g/mol. The summed E-state index contributed by atoms with van der Waals surface area (Å²) < 4.78 is 5.18. The summed E-state index contributed by atoms with van der Waals surface area (Å²) in [5.74, 6) is 0. The van der Waals surface area contributed by atoms with Crippen molar-refractivity contribution in [2.24, 2.45) is 5.41 Å². The smallest absolute Gasteiger partial charge is 0.0815 e. The average Bonchev–Trinajstić information content (AvgIpc) is 2.46. The third-order valence-corrected chi connectivity index (χ3v) is 2.68. The number of rotatable bonds is 2. The fourth-order valence-electron chi connectivity index (χ4n) is 1.72. The van der Waals surface area contributed by atoms with E-state index in [1.165, 1.54) is 25.7 Å². The molecule has 0 aromatic heterocycles. The monoisotopic (exact) mass is 126 g/mol. The Hall–Kier alpha value is -0.0400. The second kappa shape index (κ2) is 1.72. The second-order valence-corrected chi connectivity index (χ2v) is 3.82. The van der Waals surface area contributed by atoms with Crippen molar-refractivity contribution in [2.75, 3.05) is 6.61 Å². The molecule has 1 aliphatic carbocycles. The first-order chi connectivity index (χ1) is 4.29. The molecule has 1 heteroatoms. The lowest BCUT2D eigenvalue weighted by molar-refractivity contribution is 0.130. The van der Waals surface area contributed by atoms with Crippen LogP contribution in [-0.2, 0) is 4.74 Å². The van der Waals surface area contributed by atoms with E-state index in [-0.39, 0.29) is 0 Å². The molecule has 1 nitrogen and oxygen atoms in total. The van der Waals surface area contributed by atoms with Crippen molar-refractivity contribution in [3.8, 4) is 0 Å². The molecule has 9 heavy (non-hydrogen) atoms. The number of epoxide rings is 1. The first kappa shape index (κ1) is 5.72. The highest BCUT2D eigenvalue weighted by atomic mass is 16.6. The Kier molecular flexibility index (Phi) is 1.10. The van der Waals surface area contributed by atoms with E-state index >= 15 is 0 Å². The first-order valence-corrected chi connectivity index (χ1v) is 3.90. The summed E-state index contributed by atoms with van der Waals surface area (Å²) in [7, 11) is 0. The van der Waals surface area contributed by atoms with Gasteiger partial charge in [-0.2, -0.15) is 0 Å². The summed E-state index contributed by atoms with van der Waals surface area (Å²) in [5, 5.41) is 0. The molecule has 0 aromatic carbocycles. The summed E-state index contributed by atoms with van der Waals surface area (Å²) in [6.07, 6.45) is 6.30. The van der Waals surface area contributed by atoms with Crippen molar-refractivity contribution in [2.45, 2.75) is 38.7 Å². The van der Waals surface area contributed by atoms with Gasteiger partial charge in [0, 0.05) is 0 Å². The van der Waals surface area contributed by atoms with Crippen LogP contribution in [0.2, 0.25) is 0 Å². The summed E-state index contributed by atoms with van der Waals surface area (Å²) >= 11 is 0. The average molecular weight is 126 g/mol. The van der Waals surface area contributed by atoms with Gasteiger partial charge in [0.05, 0.1) is 12.7 Å². The van der Waals surface area contributed by atoms with Crippen LogP contribution in [0.3, 0.4) is 0 Å². The Balaban J connectivity index is 1.81. The Morgan fingerprint density at radius 1 is 1.56 bits per heavy atom. The molecule has 2 rings (SSSR count). The van der Waals surface area contributed by atoms with Crippen molar-refractivity contribution in [3.63, 3.8) is 0 Å². The summed E-state index contributed by atoms with van der Waals surface area (Å²) in [6.45, 7) is 3.42. The fraction of sp³-hybridized carbons (Fsp3) is 1.00. The van der Waals surface area contributed by atoms with Crippen LogP contribution in [0, 0.1) is 5.41 Å². The van der Waals surface area contributed by atoms with Crippen LogP contribution in [0.1, 0.15) is 32.6 Å². The van der Waals surface area contributed by atoms with Gasteiger partial charge in [-0.15, -0.1) is 0 Å². The predicted molar refractivity (Wildman–Crippen MR) is 36.3 cm³/mol. The summed E-state index contributed by atoms with van der Waals surface area (Å²) in [4.78, 5) is 0. The molecule has 1 atom stereocenters. The van der Waals surface area contributed by atoms with Crippen molar-refractivity contribution >= 4 is 0 Å². The SMILES string of the molecule is CC1(CC2CO2)CCC1. The van der Waals surface area contributed by atoms with Gasteiger partial charge >= 0.3 is 0 Å². The van der Waals surface area contributed by atoms with E-state index in [0.29, 0.717) is 11.5 Å². The maximum absolute atomic E-state index is 5.18. The van der Waals surface area contributed by atoms with E-state index in [1.807, 2.05) is 0 Å². The minimum absolute atomic E-state index is 0.648. The molecule has 1 saturated carbocycles. The third-order valence-electron chi connectivity index (χ3n) is 2.68. The minimum Gasteiger partial charge on any atom is -0.373 e. The van der Waals surface area contributed by atoms with E-state index in [9.17, 15) is 0 Å². The van der Waals surface area contributed by atoms with Crippen LogP contribution in [0.4, 0.5) is 0 Å². The van der Waals surface area contributed by atoms with Crippen molar-refractivity contribution in [1.82, 2.24) is 0 Å². The van der Waals surface area contributed by atoms with Gasteiger partial charge in [-0.25, -0.2) is 0 Å². The van der Waals surface area contributed by atoms with Crippen molar-refractivity contribution in [1.29, 1.82) is 0 Å². The van der Waals surface area contributed by atoms with Crippen LogP contribution in [-0.4, -0.2) is 12.7 Å². The molecule has 0 amide bonds. The highest BCUT2D eigenvalue weighted by Gasteiger charge is 2.38. The van der Waals surface area contributed by atoms with Gasteiger partial charge in [0.25, 0.3) is 0 Å². The quantitative estimate of drug-likeness (QED) is 0.515. The zero-order valence-corrected chi connectivity index (χ0v) is 6.02. The van der Waals surface area contributed by atoms with Gasteiger partial charge in [0.1, 0.15) is 0 Å². The van der Waals surface area contributed by atoms with Gasteiger partial charge < -0.3 is 4.74 Å². The van der Waals surface area contributed by atoms with Crippen LogP contribution >= 0.6 is 0 Å². The number of hydrogen-bond donors (Lipinski definition) is 0. The molecule has 1 heterocycles. The topological polar surface area (TPSA) is 12.5 Å². The predicted octanol–water partition coefficient (Wildman–Crippen LogP) is 1.97. The molecule has 0 N–H and O–H groups in total. The highest BCUT2D eigenvalue weighted by molar-refractivity contribution is 4.88. The lowest BCUT2D eigenvalue weighted by Gasteiger charge is -2.37. The van der Waals surface area contributed by atoms with Crippen molar-refractivity contribution in [3.05, 3.63) is 0 Å². The van der Waals surface area contributed by atoms with E-state index in [2.05, 4.69) is 6.92 Å². The van der Waals surface area contributed by atoms with Gasteiger partial charge in [-0.05, 0) is 24.7 Å². The minimum atomic E-state index is 0.648. The summed E-state index contributed by atoms with van der Waals surface area (Å²) in [6, 6.07) is 0. The molecule has 52 valence electrons. The fourth-order valence-corrected chi connectivity index (χ4v) is 1.72. The highest BCUT2D eigenvalue weighted by Crippen LogP contribution is 2.46. The molecule has 2 aliphatic rings.